The molecule has 0 saturated heterocycles. The molecule has 2 amide bonds. The minimum atomic E-state index is -0.556. The van der Waals surface area contributed by atoms with Gasteiger partial charge in [0.1, 0.15) is 11.5 Å². The van der Waals surface area contributed by atoms with E-state index in [1.165, 1.54) is 6.21 Å². The van der Waals surface area contributed by atoms with E-state index < -0.39 is 11.9 Å². The number of rotatable bonds is 8. The fourth-order valence-corrected chi connectivity index (χ4v) is 3.87. The predicted octanol–water partition coefficient (Wildman–Crippen LogP) is 4.71. The van der Waals surface area contributed by atoms with Crippen molar-refractivity contribution in [1.82, 2.24) is 10.7 Å². The van der Waals surface area contributed by atoms with E-state index in [1.54, 1.807) is 61.7 Å². The number of nitrogens with one attached hydrogen (secondary N) is 2. The highest BCUT2D eigenvalue weighted by Gasteiger charge is 2.13. The average Bonchev–Trinajstić information content (AvgIpc) is 2.92. The molecule has 4 aromatic rings. The molecule has 0 saturated carbocycles. The fraction of sp³-hybridized carbons (Fsp3) is 0.0714. The van der Waals surface area contributed by atoms with Gasteiger partial charge >= 0.3 is 5.97 Å². The summed E-state index contributed by atoms with van der Waals surface area (Å²) < 4.78 is 11.3. The topological polar surface area (TPSA) is 106 Å². The molecule has 0 heterocycles. The SMILES string of the molecule is COc1ccc(C(=O)Oc2ccc(Br)cc2C=NNC(=O)CNC(=O)c2cccc3ccccc23)cc1. The Morgan fingerprint density at radius 3 is 2.49 bits per heavy atom. The van der Waals surface area contributed by atoms with Crippen LogP contribution in [0.2, 0.25) is 0 Å². The Kier molecular flexibility index (Phi) is 8.27. The molecule has 0 aliphatic rings. The molecule has 0 bridgehead atoms. The molecule has 0 atom stereocenters. The maximum absolute atomic E-state index is 12.6. The summed E-state index contributed by atoms with van der Waals surface area (Å²) in [4.78, 5) is 37.4. The zero-order chi connectivity index (χ0) is 26.2. The van der Waals surface area contributed by atoms with Crippen LogP contribution in [0.3, 0.4) is 0 Å². The summed E-state index contributed by atoms with van der Waals surface area (Å²) in [5.41, 5.74) is 3.65. The highest BCUT2D eigenvalue weighted by molar-refractivity contribution is 9.10. The van der Waals surface area contributed by atoms with Crippen LogP contribution in [0.4, 0.5) is 0 Å². The van der Waals surface area contributed by atoms with Crippen LogP contribution < -0.4 is 20.2 Å². The summed E-state index contributed by atoms with van der Waals surface area (Å²) in [6.45, 7) is -0.267. The van der Waals surface area contributed by atoms with E-state index in [9.17, 15) is 14.4 Å². The second-order valence-corrected chi connectivity index (χ2v) is 8.72. The highest BCUT2D eigenvalue weighted by Crippen LogP contribution is 2.23. The average molecular weight is 560 g/mol. The van der Waals surface area contributed by atoms with Crippen molar-refractivity contribution in [2.75, 3.05) is 13.7 Å². The number of nitrogens with zero attached hydrogens (tertiary/aromatic N) is 1. The van der Waals surface area contributed by atoms with Gasteiger partial charge in [0, 0.05) is 15.6 Å². The van der Waals surface area contributed by atoms with Crippen molar-refractivity contribution in [2.45, 2.75) is 0 Å². The van der Waals surface area contributed by atoms with Crippen molar-refractivity contribution in [1.29, 1.82) is 0 Å². The summed E-state index contributed by atoms with van der Waals surface area (Å²) in [6, 6.07) is 24.5. The third-order valence-electron chi connectivity index (χ3n) is 5.34. The first-order chi connectivity index (χ1) is 17.9. The lowest BCUT2D eigenvalue weighted by Crippen LogP contribution is -2.35. The van der Waals surface area contributed by atoms with Gasteiger partial charge in [0.15, 0.2) is 0 Å². The summed E-state index contributed by atoms with van der Waals surface area (Å²) in [7, 11) is 1.54. The van der Waals surface area contributed by atoms with E-state index in [2.05, 4.69) is 31.8 Å². The Hall–Kier alpha value is -4.50. The second-order valence-electron chi connectivity index (χ2n) is 7.80. The van der Waals surface area contributed by atoms with Crippen LogP contribution in [0.15, 0.2) is 94.5 Å². The summed E-state index contributed by atoms with van der Waals surface area (Å²) in [6.07, 6.45) is 1.35. The number of fused-ring (bicyclic) bond motifs is 1. The van der Waals surface area contributed by atoms with E-state index in [4.69, 9.17) is 9.47 Å². The van der Waals surface area contributed by atoms with Crippen LogP contribution in [-0.2, 0) is 4.79 Å². The van der Waals surface area contributed by atoms with Gasteiger partial charge in [0.05, 0.1) is 25.4 Å². The maximum Gasteiger partial charge on any atom is 0.343 e. The van der Waals surface area contributed by atoms with E-state index in [1.807, 2.05) is 30.3 Å². The Morgan fingerprint density at radius 1 is 0.946 bits per heavy atom. The molecule has 4 aromatic carbocycles. The van der Waals surface area contributed by atoms with Gasteiger partial charge in [-0.2, -0.15) is 5.10 Å². The molecule has 37 heavy (non-hydrogen) atoms. The van der Waals surface area contributed by atoms with Gasteiger partial charge in [0.2, 0.25) is 0 Å². The van der Waals surface area contributed by atoms with Crippen molar-refractivity contribution in [2.24, 2.45) is 5.10 Å². The molecule has 0 radical (unpaired) electrons. The van der Waals surface area contributed by atoms with Gasteiger partial charge in [-0.3, -0.25) is 9.59 Å². The molecule has 186 valence electrons. The zero-order valence-electron chi connectivity index (χ0n) is 19.7. The molecule has 9 heteroatoms. The number of hydrogen-bond donors (Lipinski definition) is 2. The van der Waals surface area contributed by atoms with Crippen molar-refractivity contribution < 1.29 is 23.9 Å². The smallest absolute Gasteiger partial charge is 0.343 e. The monoisotopic (exact) mass is 559 g/mol. The van der Waals surface area contributed by atoms with Gasteiger partial charge in [-0.15, -0.1) is 0 Å². The second kappa shape index (κ2) is 12.0. The van der Waals surface area contributed by atoms with E-state index >= 15 is 0 Å². The van der Waals surface area contributed by atoms with Crippen molar-refractivity contribution in [3.63, 3.8) is 0 Å². The first-order valence-corrected chi connectivity index (χ1v) is 12.0. The van der Waals surface area contributed by atoms with E-state index in [0.29, 0.717) is 22.4 Å². The summed E-state index contributed by atoms with van der Waals surface area (Å²) in [5.74, 6) is -0.560. The van der Waals surface area contributed by atoms with Crippen molar-refractivity contribution in [3.05, 3.63) is 106 Å². The Balaban J connectivity index is 1.36. The lowest BCUT2D eigenvalue weighted by Gasteiger charge is -2.09. The van der Waals surface area contributed by atoms with Gasteiger partial charge in [-0.1, -0.05) is 52.3 Å². The molecule has 4 rings (SSSR count). The Morgan fingerprint density at radius 2 is 1.70 bits per heavy atom. The van der Waals surface area contributed by atoms with Gasteiger partial charge < -0.3 is 14.8 Å². The number of halogens is 1. The minimum Gasteiger partial charge on any atom is -0.497 e. The maximum atomic E-state index is 12.6. The van der Waals surface area contributed by atoms with Crippen LogP contribution in [0.5, 0.6) is 11.5 Å². The number of amides is 2. The first kappa shape index (κ1) is 25.6. The number of benzene rings is 4. The number of carbonyl (C=O) groups is 3. The largest absolute Gasteiger partial charge is 0.497 e. The summed E-state index contributed by atoms with van der Waals surface area (Å²) in [5, 5.41) is 8.27. The standard InChI is InChI=1S/C28H22BrN3O5/c1-36-22-12-9-19(10-13-22)28(35)37-25-14-11-21(29)15-20(25)16-31-32-26(33)17-30-27(34)24-8-4-6-18-5-2-3-7-23(18)24/h2-16H,17H2,1H3,(H,30,34)(H,32,33). The molecule has 0 aliphatic heterocycles. The van der Waals surface area contributed by atoms with Crippen LogP contribution in [0.25, 0.3) is 10.8 Å². The first-order valence-electron chi connectivity index (χ1n) is 11.2. The molecule has 0 unspecified atom stereocenters. The molecule has 0 spiro atoms. The van der Waals surface area contributed by atoms with Crippen LogP contribution in [0.1, 0.15) is 26.3 Å². The number of ether oxygens (including phenoxy) is 2. The summed E-state index contributed by atoms with van der Waals surface area (Å²) >= 11 is 3.37. The van der Waals surface area contributed by atoms with Crippen molar-refractivity contribution in [3.8, 4) is 11.5 Å². The molecule has 8 nitrogen and oxygen atoms in total. The van der Waals surface area contributed by atoms with E-state index in [0.717, 1.165) is 15.2 Å². The Labute approximate surface area is 221 Å². The lowest BCUT2D eigenvalue weighted by atomic mass is 10.0. The highest BCUT2D eigenvalue weighted by atomic mass is 79.9. The number of hydrogen-bond acceptors (Lipinski definition) is 6. The van der Waals surface area contributed by atoms with Gasteiger partial charge in [-0.05, 0) is 59.3 Å². The third-order valence-corrected chi connectivity index (χ3v) is 5.83. The van der Waals surface area contributed by atoms with Gasteiger partial charge in [-0.25, -0.2) is 10.2 Å². The van der Waals surface area contributed by atoms with Crippen LogP contribution in [-0.4, -0.2) is 37.7 Å². The molecular formula is C28H22BrN3O5. The molecule has 0 aromatic heterocycles. The lowest BCUT2D eigenvalue weighted by molar-refractivity contribution is -0.120. The van der Waals surface area contributed by atoms with Crippen LogP contribution in [0, 0.1) is 0 Å². The number of methoxy groups -OCH3 is 1. The third kappa shape index (κ3) is 6.59. The van der Waals surface area contributed by atoms with Crippen molar-refractivity contribution >= 4 is 50.7 Å². The van der Waals surface area contributed by atoms with E-state index in [-0.39, 0.29) is 18.2 Å². The molecule has 0 fully saturated rings. The van der Waals surface area contributed by atoms with Crippen LogP contribution >= 0.6 is 15.9 Å². The molecule has 2 N–H and O–H groups in total. The van der Waals surface area contributed by atoms with Gasteiger partial charge in [0.25, 0.3) is 11.8 Å². The normalized spacial score (nSPS) is 10.8. The predicted molar refractivity (Wildman–Crippen MR) is 144 cm³/mol. The zero-order valence-corrected chi connectivity index (χ0v) is 21.3. The number of esters is 1. The fourth-order valence-electron chi connectivity index (χ4n) is 3.49. The Bertz CT molecular complexity index is 1480. The molecule has 0 aliphatic carbocycles. The quantitative estimate of drug-likeness (QED) is 0.141. The number of carbonyl (C=O) groups excluding carboxylic acids is 3. The molecular weight excluding hydrogens is 538 g/mol. The minimum absolute atomic E-state index is 0.256. The number of hydrazone groups is 1.